The van der Waals surface area contributed by atoms with E-state index >= 15 is 0 Å². The number of nitrogens with zero attached hydrogens (tertiary/aromatic N) is 1. The van der Waals surface area contributed by atoms with Crippen LogP contribution in [0.1, 0.15) is 57.3 Å². The van der Waals surface area contributed by atoms with Gasteiger partial charge in [0.15, 0.2) is 0 Å². The average molecular weight is 292 g/mol. The first-order valence-electron chi connectivity index (χ1n) is 7.88. The first-order valence-corrected chi connectivity index (χ1v) is 7.88. The third kappa shape index (κ3) is 4.66. The Morgan fingerprint density at radius 3 is 2.57 bits per heavy atom. The van der Waals surface area contributed by atoms with Crippen LogP contribution >= 0.6 is 0 Å². The van der Waals surface area contributed by atoms with Gasteiger partial charge in [-0.1, -0.05) is 20.3 Å². The number of anilines is 1. The summed E-state index contributed by atoms with van der Waals surface area (Å²) < 4.78 is 5.42. The van der Waals surface area contributed by atoms with Crippen molar-refractivity contribution in [3.05, 3.63) is 23.8 Å². The predicted octanol–water partition coefficient (Wildman–Crippen LogP) is 3.71. The Balaban J connectivity index is 2.94. The van der Waals surface area contributed by atoms with Gasteiger partial charge < -0.3 is 15.4 Å². The SMILES string of the molecule is CCCCN(C(=O)c1ccc(OCC)c(N)c1)C(C)CC. The predicted molar refractivity (Wildman–Crippen MR) is 87.7 cm³/mol. The molecule has 1 amide bonds. The van der Waals surface area contributed by atoms with Gasteiger partial charge in [0.2, 0.25) is 0 Å². The molecule has 0 saturated heterocycles. The number of ether oxygens (including phenoxy) is 1. The second kappa shape index (κ2) is 8.55. The molecule has 0 radical (unpaired) electrons. The molecule has 118 valence electrons. The lowest BCUT2D eigenvalue weighted by Crippen LogP contribution is -2.39. The van der Waals surface area contributed by atoms with E-state index < -0.39 is 0 Å². The first-order chi connectivity index (χ1) is 10.0. The van der Waals surface area contributed by atoms with Gasteiger partial charge >= 0.3 is 0 Å². The molecule has 0 fully saturated rings. The third-order valence-electron chi connectivity index (χ3n) is 3.69. The highest BCUT2D eigenvalue weighted by atomic mass is 16.5. The second-order valence-corrected chi connectivity index (χ2v) is 5.29. The minimum absolute atomic E-state index is 0.0487. The molecule has 21 heavy (non-hydrogen) atoms. The van der Waals surface area contributed by atoms with Gasteiger partial charge in [0.05, 0.1) is 12.3 Å². The van der Waals surface area contributed by atoms with Crippen LogP contribution in [0.2, 0.25) is 0 Å². The monoisotopic (exact) mass is 292 g/mol. The van der Waals surface area contributed by atoms with Crippen molar-refractivity contribution in [1.82, 2.24) is 4.90 Å². The van der Waals surface area contributed by atoms with Crippen LogP contribution in [0.3, 0.4) is 0 Å². The summed E-state index contributed by atoms with van der Waals surface area (Å²) in [6, 6.07) is 5.53. The summed E-state index contributed by atoms with van der Waals surface area (Å²) in [5.74, 6) is 0.685. The first kappa shape index (κ1) is 17.3. The van der Waals surface area contributed by atoms with Crippen molar-refractivity contribution >= 4 is 11.6 Å². The molecule has 4 nitrogen and oxygen atoms in total. The molecule has 1 aromatic carbocycles. The maximum Gasteiger partial charge on any atom is 0.254 e. The normalized spacial score (nSPS) is 12.0. The van der Waals surface area contributed by atoms with Gasteiger partial charge in [-0.05, 0) is 44.9 Å². The van der Waals surface area contributed by atoms with Crippen molar-refractivity contribution in [2.45, 2.75) is 53.0 Å². The topological polar surface area (TPSA) is 55.6 Å². The van der Waals surface area contributed by atoms with Crippen LogP contribution in [0.4, 0.5) is 5.69 Å². The Kier molecular flexibility index (Phi) is 7.06. The fourth-order valence-corrected chi connectivity index (χ4v) is 2.21. The summed E-state index contributed by atoms with van der Waals surface area (Å²) in [5.41, 5.74) is 7.11. The molecule has 1 aromatic rings. The molecule has 0 heterocycles. The number of nitrogen functional groups attached to an aromatic ring is 1. The quantitative estimate of drug-likeness (QED) is 0.743. The molecule has 1 rings (SSSR count). The maximum atomic E-state index is 12.7. The number of hydrogen-bond acceptors (Lipinski definition) is 3. The van der Waals surface area contributed by atoms with Crippen LogP contribution < -0.4 is 10.5 Å². The van der Waals surface area contributed by atoms with Gasteiger partial charge in [-0.25, -0.2) is 0 Å². The van der Waals surface area contributed by atoms with Crippen LogP contribution in [0.15, 0.2) is 18.2 Å². The molecule has 2 N–H and O–H groups in total. The average Bonchev–Trinajstić information content (AvgIpc) is 2.49. The van der Waals surface area contributed by atoms with E-state index in [1.165, 1.54) is 0 Å². The number of carbonyl (C=O) groups is 1. The van der Waals surface area contributed by atoms with Crippen LogP contribution in [0.5, 0.6) is 5.75 Å². The van der Waals surface area contributed by atoms with Gasteiger partial charge in [0.1, 0.15) is 5.75 Å². The van der Waals surface area contributed by atoms with Crippen molar-refractivity contribution in [3.8, 4) is 5.75 Å². The van der Waals surface area contributed by atoms with E-state index in [-0.39, 0.29) is 11.9 Å². The minimum atomic E-state index is 0.0487. The second-order valence-electron chi connectivity index (χ2n) is 5.29. The van der Waals surface area contributed by atoms with E-state index in [2.05, 4.69) is 20.8 Å². The number of hydrogen-bond donors (Lipinski definition) is 1. The highest BCUT2D eigenvalue weighted by Crippen LogP contribution is 2.24. The minimum Gasteiger partial charge on any atom is -0.492 e. The van der Waals surface area contributed by atoms with E-state index in [0.29, 0.717) is 23.6 Å². The Morgan fingerprint density at radius 1 is 1.33 bits per heavy atom. The fraction of sp³-hybridized carbons (Fsp3) is 0.588. The molecule has 0 aliphatic rings. The van der Waals surface area contributed by atoms with E-state index in [0.717, 1.165) is 25.8 Å². The lowest BCUT2D eigenvalue weighted by atomic mass is 10.1. The van der Waals surface area contributed by atoms with Crippen molar-refractivity contribution in [2.24, 2.45) is 0 Å². The summed E-state index contributed by atoms with van der Waals surface area (Å²) in [4.78, 5) is 14.6. The summed E-state index contributed by atoms with van der Waals surface area (Å²) in [6.07, 6.45) is 3.04. The van der Waals surface area contributed by atoms with Gasteiger partial charge in [-0.15, -0.1) is 0 Å². The molecule has 0 spiro atoms. The summed E-state index contributed by atoms with van der Waals surface area (Å²) >= 11 is 0. The highest BCUT2D eigenvalue weighted by Gasteiger charge is 2.20. The van der Waals surface area contributed by atoms with Gasteiger partial charge in [0, 0.05) is 18.2 Å². The molecule has 0 aliphatic heterocycles. The number of amides is 1. The number of unbranched alkanes of at least 4 members (excludes halogenated alkanes) is 1. The zero-order valence-corrected chi connectivity index (χ0v) is 13.7. The fourth-order valence-electron chi connectivity index (χ4n) is 2.21. The van der Waals surface area contributed by atoms with Gasteiger partial charge in [-0.3, -0.25) is 4.79 Å². The molecule has 0 aromatic heterocycles. The van der Waals surface area contributed by atoms with Crippen molar-refractivity contribution < 1.29 is 9.53 Å². The summed E-state index contributed by atoms with van der Waals surface area (Å²) in [5, 5.41) is 0. The van der Waals surface area contributed by atoms with Crippen LogP contribution in [-0.2, 0) is 0 Å². The molecule has 0 saturated carbocycles. The van der Waals surface area contributed by atoms with E-state index in [1.807, 2.05) is 11.8 Å². The lowest BCUT2D eigenvalue weighted by Gasteiger charge is -2.29. The lowest BCUT2D eigenvalue weighted by molar-refractivity contribution is 0.0685. The van der Waals surface area contributed by atoms with Crippen molar-refractivity contribution in [1.29, 1.82) is 0 Å². The maximum absolute atomic E-state index is 12.7. The standard InChI is InChI=1S/C17H28N2O2/c1-5-8-11-19(13(4)6-2)17(20)14-9-10-16(21-7-3)15(18)12-14/h9-10,12-13H,5-8,11,18H2,1-4H3. The van der Waals surface area contributed by atoms with Gasteiger partial charge in [0.25, 0.3) is 5.91 Å². The van der Waals surface area contributed by atoms with E-state index in [1.54, 1.807) is 18.2 Å². The Morgan fingerprint density at radius 2 is 2.05 bits per heavy atom. The molecule has 0 aliphatic carbocycles. The zero-order valence-electron chi connectivity index (χ0n) is 13.7. The summed E-state index contributed by atoms with van der Waals surface area (Å²) in [7, 11) is 0. The molecular weight excluding hydrogens is 264 g/mol. The van der Waals surface area contributed by atoms with Crippen molar-refractivity contribution in [3.63, 3.8) is 0 Å². The molecule has 1 atom stereocenters. The summed E-state index contributed by atoms with van der Waals surface area (Å²) in [6.45, 7) is 9.58. The molecular formula is C17H28N2O2. The molecule has 4 heteroatoms. The zero-order chi connectivity index (χ0) is 15.8. The van der Waals surface area contributed by atoms with Crippen LogP contribution in [0.25, 0.3) is 0 Å². The van der Waals surface area contributed by atoms with E-state index in [9.17, 15) is 4.79 Å². The molecule has 1 unspecified atom stereocenters. The molecule has 0 bridgehead atoms. The number of carbonyl (C=O) groups excluding carboxylic acids is 1. The smallest absolute Gasteiger partial charge is 0.254 e. The van der Waals surface area contributed by atoms with E-state index in [4.69, 9.17) is 10.5 Å². The largest absolute Gasteiger partial charge is 0.492 e. The number of benzene rings is 1. The van der Waals surface area contributed by atoms with Gasteiger partial charge in [-0.2, -0.15) is 0 Å². The van der Waals surface area contributed by atoms with Crippen LogP contribution in [-0.4, -0.2) is 30.0 Å². The third-order valence-corrected chi connectivity index (χ3v) is 3.69. The number of rotatable bonds is 8. The Hall–Kier alpha value is -1.71. The Labute approximate surface area is 128 Å². The highest BCUT2D eigenvalue weighted by molar-refractivity contribution is 5.95. The Bertz CT molecular complexity index is 460. The number of nitrogens with two attached hydrogens (primary N) is 1. The van der Waals surface area contributed by atoms with Crippen molar-refractivity contribution in [2.75, 3.05) is 18.9 Å². The van der Waals surface area contributed by atoms with Crippen LogP contribution in [0, 0.1) is 0 Å².